The molecule has 0 saturated carbocycles. The first-order valence-corrected chi connectivity index (χ1v) is 9.00. The van der Waals surface area contributed by atoms with Gasteiger partial charge in [-0.2, -0.15) is 0 Å². The largest absolute Gasteiger partial charge is 0.396 e. The zero-order valence-corrected chi connectivity index (χ0v) is 14.5. The van der Waals surface area contributed by atoms with Crippen molar-refractivity contribution in [1.82, 2.24) is 4.90 Å². The van der Waals surface area contributed by atoms with E-state index in [1.165, 1.54) is 37.0 Å². The first-order valence-electron chi connectivity index (χ1n) is 7.33. The lowest BCUT2D eigenvalue weighted by atomic mass is 10.1. The van der Waals surface area contributed by atoms with E-state index in [2.05, 4.69) is 22.9 Å². The molecule has 20 heavy (non-hydrogen) atoms. The van der Waals surface area contributed by atoms with E-state index in [4.69, 9.17) is 5.11 Å². The topological polar surface area (TPSA) is 40.5 Å². The fourth-order valence-electron chi connectivity index (χ4n) is 2.09. The predicted molar refractivity (Wildman–Crippen MR) is 88.4 cm³/mol. The van der Waals surface area contributed by atoms with Crippen molar-refractivity contribution in [3.8, 4) is 0 Å². The van der Waals surface area contributed by atoms with Crippen LogP contribution in [0.5, 0.6) is 0 Å². The maximum atomic E-state index is 12.4. The molecule has 1 aromatic rings. The van der Waals surface area contributed by atoms with E-state index in [0.29, 0.717) is 13.0 Å². The number of carbonyl (C=O) groups is 1. The highest BCUT2D eigenvalue weighted by atomic mass is 79.9. The van der Waals surface area contributed by atoms with Gasteiger partial charge in [-0.1, -0.05) is 32.6 Å². The van der Waals surface area contributed by atoms with Gasteiger partial charge in [0.25, 0.3) is 5.91 Å². The van der Waals surface area contributed by atoms with Crippen LogP contribution in [0, 0.1) is 0 Å². The van der Waals surface area contributed by atoms with Crippen LogP contribution in [0.1, 0.15) is 55.8 Å². The molecule has 0 atom stereocenters. The van der Waals surface area contributed by atoms with Crippen LogP contribution < -0.4 is 0 Å². The lowest BCUT2D eigenvalue weighted by Gasteiger charge is -2.22. The van der Waals surface area contributed by atoms with Crippen molar-refractivity contribution < 1.29 is 9.90 Å². The molecule has 0 unspecified atom stereocenters. The van der Waals surface area contributed by atoms with Crippen LogP contribution in [-0.4, -0.2) is 35.6 Å². The number of halogens is 1. The molecule has 114 valence electrons. The molecule has 0 radical (unpaired) electrons. The molecule has 1 amide bonds. The van der Waals surface area contributed by atoms with Gasteiger partial charge in [-0.25, -0.2) is 0 Å². The highest BCUT2D eigenvalue weighted by Crippen LogP contribution is 2.22. The first kappa shape index (κ1) is 17.7. The molecular weight excluding hydrogens is 338 g/mol. The summed E-state index contributed by atoms with van der Waals surface area (Å²) in [5.74, 6) is 0.0795. The van der Waals surface area contributed by atoms with Gasteiger partial charge in [0, 0.05) is 25.1 Å². The molecule has 5 heteroatoms. The summed E-state index contributed by atoms with van der Waals surface area (Å²) < 4.78 is 0.978. The number of unbranched alkanes of at least 4 members (excludes halogenated alkanes) is 4. The van der Waals surface area contributed by atoms with Gasteiger partial charge < -0.3 is 10.0 Å². The molecule has 0 bridgehead atoms. The van der Waals surface area contributed by atoms with E-state index in [1.807, 2.05) is 16.3 Å². The van der Waals surface area contributed by atoms with Crippen LogP contribution in [0.4, 0.5) is 0 Å². The zero-order chi connectivity index (χ0) is 14.8. The number of thiophene rings is 1. The fourth-order valence-corrected chi connectivity index (χ4v) is 3.22. The van der Waals surface area contributed by atoms with Crippen LogP contribution >= 0.6 is 27.3 Å². The van der Waals surface area contributed by atoms with E-state index in [9.17, 15) is 4.79 Å². The van der Waals surface area contributed by atoms with Crippen molar-refractivity contribution in [3.63, 3.8) is 0 Å². The molecule has 1 heterocycles. The summed E-state index contributed by atoms with van der Waals surface area (Å²) in [4.78, 5) is 14.3. The zero-order valence-electron chi connectivity index (χ0n) is 12.1. The average Bonchev–Trinajstić information content (AvgIpc) is 2.88. The molecule has 0 spiro atoms. The SMILES string of the molecule is CCCCCCCN(CCCO)C(=O)c1csc(Br)c1. The maximum absolute atomic E-state index is 12.4. The predicted octanol–water partition coefficient (Wildman–Crippen LogP) is 4.31. The molecule has 0 aliphatic carbocycles. The second-order valence-electron chi connectivity index (χ2n) is 4.92. The van der Waals surface area contributed by atoms with Crippen molar-refractivity contribution >= 4 is 33.2 Å². The van der Waals surface area contributed by atoms with Crippen molar-refractivity contribution in [3.05, 3.63) is 20.8 Å². The van der Waals surface area contributed by atoms with Gasteiger partial charge >= 0.3 is 0 Å². The number of rotatable bonds is 10. The summed E-state index contributed by atoms with van der Waals surface area (Å²) in [5.41, 5.74) is 0.744. The summed E-state index contributed by atoms with van der Waals surface area (Å²) in [5, 5.41) is 10.9. The Morgan fingerprint density at radius 2 is 1.95 bits per heavy atom. The monoisotopic (exact) mass is 361 g/mol. The second-order valence-corrected chi connectivity index (χ2v) is 7.21. The first-order chi connectivity index (χ1) is 9.69. The molecule has 0 aromatic carbocycles. The Morgan fingerprint density at radius 1 is 1.25 bits per heavy atom. The summed E-state index contributed by atoms with van der Waals surface area (Å²) in [6, 6.07) is 1.87. The van der Waals surface area contributed by atoms with Crippen molar-refractivity contribution in [2.45, 2.75) is 45.4 Å². The number of carbonyl (C=O) groups excluding carboxylic acids is 1. The van der Waals surface area contributed by atoms with E-state index < -0.39 is 0 Å². The molecule has 3 nitrogen and oxygen atoms in total. The maximum Gasteiger partial charge on any atom is 0.254 e. The Kier molecular flexibility index (Phi) is 9.14. The van der Waals surface area contributed by atoms with Crippen molar-refractivity contribution in [2.24, 2.45) is 0 Å². The number of nitrogens with zero attached hydrogens (tertiary/aromatic N) is 1. The number of aliphatic hydroxyl groups is 1. The van der Waals surface area contributed by atoms with Crippen LogP contribution in [0.25, 0.3) is 0 Å². The average molecular weight is 362 g/mol. The van der Waals surface area contributed by atoms with Gasteiger partial charge in [0.2, 0.25) is 0 Å². The molecular formula is C15H24BrNO2S. The third-order valence-corrected chi connectivity index (χ3v) is 4.72. The van der Waals surface area contributed by atoms with Crippen molar-refractivity contribution in [2.75, 3.05) is 19.7 Å². The van der Waals surface area contributed by atoms with Gasteiger partial charge in [0.05, 0.1) is 9.35 Å². The Hall–Kier alpha value is -0.390. The second kappa shape index (κ2) is 10.4. The normalized spacial score (nSPS) is 10.8. The lowest BCUT2D eigenvalue weighted by molar-refractivity contribution is 0.0742. The highest BCUT2D eigenvalue weighted by molar-refractivity contribution is 9.11. The van der Waals surface area contributed by atoms with E-state index in [0.717, 1.165) is 22.3 Å². The molecule has 0 aliphatic heterocycles. The van der Waals surface area contributed by atoms with Gasteiger partial charge in [-0.3, -0.25) is 4.79 Å². The van der Waals surface area contributed by atoms with Gasteiger partial charge in [-0.05, 0) is 34.8 Å². The van der Waals surface area contributed by atoms with E-state index in [-0.39, 0.29) is 12.5 Å². The van der Waals surface area contributed by atoms with Gasteiger partial charge in [0.1, 0.15) is 0 Å². The van der Waals surface area contributed by atoms with E-state index in [1.54, 1.807) is 0 Å². The minimum absolute atomic E-state index is 0.0795. The highest BCUT2D eigenvalue weighted by Gasteiger charge is 2.16. The Balaban J connectivity index is 2.47. The lowest BCUT2D eigenvalue weighted by Crippen LogP contribution is -2.33. The Bertz CT molecular complexity index is 395. The van der Waals surface area contributed by atoms with E-state index >= 15 is 0 Å². The standard InChI is InChI=1S/C15H24BrNO2S/c1-2-3-4-5-6-8-17(9-7-10-18)15(19)13-11-14(16)20-12-13/h11-12,18H,2-10H2,1H3. The molecule has 1 aromatic heterocycles. The molecule has 0 aliphatic rings. The smallest absolute Gasteiger partial charge is 0.254 e. The quantitative estimate of drug-likeness (QED) is 0.630. The molecule has 0 saturated heterocycles. The van der Waals surface area contributed by atoms with Crippen molar-refractivity contribution in [1.29, 1.82) is 0 Å². The Labute approximate surface area is 134 Å². The third-order valence-electron chi connectivity index (χ3n) is 3.22. The summed E-state index contributed by atoms with van der Waals surface area (Å²) >= 11 is 4.92. The van der Waals surface area contributed by atoms with Crippen LogP contribution in [0.15, 0.2) is 15.2 Å². The fraction of sp³-hybridized carbons (Fsp3) is 0.667. The minimum Gasteiger partial charge on any atom is -0.396 e. The number of amides is 1. The summed E-state index contributed by atoms with van der Waals surface area (Å²) in [6.45, 7) is 3.76. The van der Waals surface area contributed by atoms with Gasteiger partial charge in [-0.15, -0.1) is 11.3 Å². The number of aliphatic hydroxyl groups excluding tert-OH is 1. The minimum atomic E-state index is 0.0795. The molecule has 0 fully saturated rings. The van der Waals surface area contributed by atoms with Gasteiger partial charge in [0.15, 0.2) is 0 Å². The molecule has 1 rings (SSSR count). The number of hydrogen-bond acceptors (Lipinski definition) is 3. The third kappa shape index (κ3) is 6.37. The summed E-state index contributed by atoms with van der Waals surface area (Å²) in [6.07, 6.45) is 6.60. The van der Waals surface area contributed by atoms with Crippen LogP contribution in [0.3, 0.4) is 0 Å². The Morgan fingerprint density at radius 3 is 2.55 bits per heavy atom. The molecule has 1 N–H and O–H groups in total. The number of hydrogen-bond donors (Lipinski definition) is 1. The van der Waals surface area contributed by atoms with Crippen LogP contribution in [0.2, 0.25) is 0 Å². The van der Waals surface area contributed by atoms with Crippen LogP contribution in [-0.2, 0) is 0 Å². The summed E-state index contributed by atoms with van der Waals surface area (Å²) in [7, 11) is 0.